The van der Waals surface area contributed by atoms with Gasteiger partial charge < -0.3 is 10.0 Å². The lowest BCUT2D eigenvalue weighted by Crippen LogP contribution is -2.32. The van der Waals surface area contributed by atoms with E-state index in [-0.39, 0.29) is 0 Å². The number of carboxylic acid groups (broad SMARTS) is 1. The van der Waals surface area contributed by atoms with Gasteiger partial charge in [0.25, 0.3) is 0 Å². The van der Waals surface area contributed by atoms with Crippen molar-refractivity contribution in [3.05, 3.63) is 22.9 Å². The first kappa shape index (κ1) is 13.4. The smallest absolute Gasteiger partial charge is 0.339 e. The zero-order chi connectivity index (χ0) is 14.1. The lowest BCUT2D eigenvalue weighted by atomic mass is 9.94. The van der Waals surface area contributed by atoms with Gasteiger partial charge in [-0.15, -0.1) is 0 Å². The number of aromatic carboxylic acids is 1. The molecule has 0 saturated heterocycles. The molecule has 4 heteroatoms. The van der Waals surface area contributed by atoms with Crippen molar-refractivity contribution >= 4 is 11.8 Å². The standard InChI is InChI=1S/C16H22N2O2/c1-18(12-7-3-4-8-12)15-13(16(19)20)10-11-6-2-5-9-14(11)17-15/h10,12H,2-9H2,1H3,(H,19,20). The van der Waals surface area contributed by atoms with E-state index in [1.165, 1.54) is 19.3 Å². The van der Waals surface area contributed by atoms with E-state index >= 15 is 0 Å². The Morgan fingerprint density at radius 1 is 1.25 bits per heavy atom. The maximum Gasteiger partial charge on any atom is 0.339 e. The van der Waals surface area contributed by atoms with Crippen LogP contribution in [-0.2, 0) is 12.8 Å². The molecule has 1 aromatic rings. The summed E-state index contributed by atoms with van der Waals surface area (Å²) in [5, 5.41) is 9.49. The fourth-order valence-electron chi connectivity index (χ4n) is 3.51. The Balaban J connectivity index is 2.00. The second-order valence-corrected chi connectivity index (χ2v) is 6.03. The molecule has 0 aliphatic heterocycles. The molecule has 1 saturated carbocycles. The third-order valence-electron chi connectivity index (χ3n) is 4.72. The third kappa shape index (κ3) is 2.39. The number of aryl methyl sites for hydroxylation is 2. The Hall–Kier alpha value is -1.58. The first-order valence-corrected chi connectivity index (χ1v) is 7.65. The predicted octanol–water partition coefficient (Wildman–Crippen LogP) is 3.04. The highest BCUT2D eigenvalue weighted by Gasteiger charge is 2.26. The van der Waals surface area contributed by atoms with Crippen molar-refractivity contribution in [1.29, 1.82) is 0 Å². The molecule has 0 unspecified atom stereocenters. The maximum atomic E-state index is 11.6. The van der Waals surface area contributed by atoms with Crippen LogP contribution in [0, 0.1) is 0 Å². The number of carboxylic acids is 1. The topological polar surface area (TPSA) is 53.4 Å². The van der Waals surface area contributed by atoms with Crippen LogP contribution in [0.4, 0.5) is 5.82 Å². The number of pyridine rings is 1. The summed E-state index contributed by atoms with van der Waals surface area (Å²) in [5.74, 6) is -0.184. The minimum atomic E-state index is -0.856. The minimum Gasteiger partial charge on any atom is -0.478 e. The van der Waals surface area contributed by atoms with E-state index in [1.807, 2.05) is 13.1 Å². The molecule has 1 fully saturated rings. The molecule has 108 valence electrons. The molecule has 3 rings (SSSR count). The van der Waals surface area contributed by atoms with Crippen molar-refractivity contribution in [3.63, 3.8) is 0 Å². The van der Waals surface area contributed by atoms with Gasteiger partial charge in [0, 0.05) is 18.8 Å². The summed E-state index contributed by atoms with van der Waals surface area (Å²) in [6.45, 7) is 0. The Kier molecular flexibility index (Phi) is 3.64. The van der Waals surface area contributed by atoms with Crippen LogP contribution in [0.2, 0.25) is 0 Å². The van der Waals surface area contributed by atoms with Crippen LogP contribution in [0.3, 0.4) is 0 Å². The Morgan fingerprint density at radius 2 is 1.95 bits per heavy atom. The zero-order valence-corrected chi connectivity index (χ0v) is 12.1. The van der Waals surface area contributed by atoms with Crippen LogP contribution in [-0.4, -0.2) is 29.1 Å². The van der Waals surface area contributed by atoms with E-state index < -0.39 is 5.97 Å². The summed E-state index contributed by atoms with van der Waals surface area (Å²) < 4.78 is 0. The molecule has 1 N–H and O–H groups in total. The van der Waals surface area contributed by atoms with E-state index in [1.54, 1.807) is 0 Å². The van der Waals surface area contributed by atoms with E-state index in [0.29, 0.717) is 17.4 Å². The number of anilines is 1. The Bertz CT molecular complexity index is 521. The fourth-order valence-corrected chi connectivity index (χ4v) is 3.51. The number of rotatable bonds is 3. The van der Waals surface area contributed by atoms with Crippen LogP contribution in [0.15, 0.2) is 6.07 Å². The average Bonchev–Trinajstić information content (AvgIpc) is 2.99. The van der Waals surface area contributed by atoms with Crippen LogP contribution in [0.5, 0.6) is 0 Å². The van der Waals surface area contributed by atoms with Crippen LogP contribution in [0.1, 0.15) is 60.1 Å². The van der Waals surface area contributed by atoms with Gasteiger partial charge in [-0.1, -0.05) is 12.8 Å². The summed E-state index contributed by atoms with van der Waals surface area (Å²) in [5.41, 5.74) is 2.62. The molecule has 0 aromatic carbocycles. The average molecular weight is 274 g/mol. The molecule has 2 aliphatic rings. The van der Waals surface area contributed by atoms with Crippen molar-refractivity contribution in [2.45, 2.75) is 57.4 Å². The van der Waals surface area contributed by atoms with Gasteiger partial charge in [0.1, 0.15) is 11.4 Å². The lowest BCUT2D eigenvalue weighted by molar-refractivity contribution is 0.0697. The molecule has 0 radical (unpaired) electrons. The van der Waals surface area contributed by atoms with E-state index in [0.717, 1.165) is 43.4 Å². The lowest BCUT2D eigenvalue weighted by Gasteiger charge is -2.28. The van der Waals surface area contributed by atoms with Crippen molar-refractivity contribution < 1.29 is 9.90 Å². The van der Waals surface area contributed by atoms with E-state index in [4.69, 9.17) is 4.98 Å². The second kappa shape index (κ2) is 5.43. The van der Waals surface area contributed by atoms with Gasteiger partial charge in [-0.05, 0) is 50.2 Å². The number of hydrogen-bond acceptors (Lipinski definition) is 3. The number of hydrogen-bond donors (Lipinski definition) is 1. The molecule has 1 aromatic heterocycles. The van der Waals surface area contributed by atoms with Crippen LogP contribution < -0.4 is 4.90 Å². The summed E-state index contributed by atoms with van der Waals surface area (Å²) in [6, 6.07) is 2.31. The predicted molar refractivity (Wildman–Crippen MR) is 78.5 cm³/mol. The number of fused-ring (bicyclic) bond motifs is 1. The van der Waals surface area contributed by atoms with Crippen molar-refractivity contribution in [3.8, 4) is 0 Å². The fraction of sp³-hybridized carbons (Fsp3) is 0.625. The Labute approximate surface area is 119 Å². The first-order valence-electron chi connectivity index (χ1n) is 7.65. The largest absolute Gasteiger partial charge is 0.478 e. The molecule has 20 heavy (non-hydrogen) atoms. The highest BCUT2D eigenvalue weighted by Crippen LogP contribution is 2.31. The summed E-state index contributed by atoms with van der Waals surface area (Å²) >= 11 is 0. The third-order valence-corrected chi connectivity index (χ3v) is 4.72. The van der Waals surface area contributed by atoms with Crippen molar-refractivity contribution in [2.75, 3.05) is 11.9 Å². The minimum absolute atomic E-state index is 0.375. The molecule has 4 nitrogen and oxygen atoms in total. The highest BCUT2D eigenvalue weighted by atomic mass is 16.4. The number of nitrogens with zero attached hydrogens (tertiary/aromatic N) is 2. The van der Waals surface area contributed by atoms with Gasteiger partial charge in [0.05, 0.1) is 0 Å². The summed E-state index contributed by atoms with van der Waals surface area (Å²) in [7, 11) is 2.00. The number of aromatic nitrogens is 1. The molecule has 0 amide bonds. The maximum absolute atomic E-state index is 11.6. The molecule has 1 heterocycles. The second-order valence-electron chi connectivity index (χ2n) is 6.03. The van der Waals surface area contributed by atoms with Gasteiger partial charge in [-0.3, -0.25) is 0 Å². The summed E-state index contributed by atoms with van der Waals surface area (Å²) in [6.07, 6.45) is 9.04. The van der Waals surface area contributed by atoms with E-state index in [2.05, 4.69) is 4.90 Å². The van der Waals surface area contributed by atoms with Gasteiger partial charge in [0.2, 0.25) is 0 Å². The molecule has 0 spiro atoms. The molecule has 2 aliphatic carbocycles. The van der Waals surface area contributed by atoms with Gasteiger partial charge in [-0.2, -0.15) is 0 Å². The normalized spacial score (nSPS) is 18.9. The van der Waals surface area contributed by atoms with Crippen molar-refractivity contribution in [1.82, 2.24) is 4.98 Å². The molecule has 0 bridgehead atoms. The monoisotopic (exact) mass is 274 g/mol. The van der Waals surface area contributed by atoms with Gasteiger partial charge in [0.15, 0.2) is 0 Å². The van der Waals surface area contributed by atoms with Crippen LogP contribution >= 0.6 is 0 Å². The van der Waals surface area contributed by atoms with E-state index in [9.17, 15) is 9.90 Å². The SMILES string of the molecule is CN(c1nc2c(cc1C(=O)O)CCCC2)C1CCCC1. The van der Waals surface area contributed by atoms with Gasteiger partial charge >= 0.3 is 5.97 Å². The van der Waals surface area contributed by atoms with Crippen LogP contribution in [0.25, 0.3) is 0 Å². The zero-order valence-electron chi connectivity index (χ0n) is 12.1. The Morgan fingerprint density at radius 3 is 2.65 bits per heavy atom. The first-order chi connectivity index (χ1) is 9.66. The quantitative estimate of drug-likeness (QED) is 0.920. The number of carbonyl (C=O) groups is 1. The molecular weight excluding hydrogens is 252 g/mol. The molecule has 0 atom stereocenters. The summed E-state index contributed by atoms with van der Waals surface area (Å²) in [4.78, 5) is 18.4. The molecular formula is C16H22N2O2. The highest BCUT2D eigenvalue weighted by molar-refractivity contribution is 5.93. The van der Waals surface area contributed by atoms with Crippen molar-refractivity contribution in [2.24, 2.45) is 0 Å². The van der Waals surface area contributed by atoms with Gasteiger partial charge in [-0.25, -0.2) is 9.78 Å².